The molecule has 0 fully saturated rings. The molecule has 2 rings (SSSR count). The molecule has 2 aromatic carbocycles. The average molecular weight is 413 g/mol. The molecule has 0 aliphatic heterocycles. The van der Waals surface area contributed by atoms with Gasteiger partial charge in [-0.25, -0.2) is 0 Å². The van der Waals surface area contributed by atoms with Crippen LogP contribution in [-0.4, -0.2) is 30.2 Å². The summed E-state index contributed by atoms with van der Waals surface area (Å²) in [5, 5.41) is 0. The Bertz CT molecular complexity index is 559. The van der Waals surface area contributed by atoms with E-state index in [1.54, 1.807) is 14.2 Å². The van der Waals surface area contributed by atoms with E-state index in [9.17, 15) is 0 Å². The van der Waals surface area contributed by atoms with Crippen LogP contribution in [0.4, 0.5) is 0 Å². The van der Waals surface area contributed by atoms with Crippen LogP contribution in [0.25, 0.3) is 0 Å². The fourth-order valence-electron chi connectivity index (χ4n) is 1.70. The predicted octanol–water partition coefficient (Wildman–Crippen LogP) is 2.74. The van der Waals surface area contributed by atoms with E-state index in [0.29, 0.717) is 5.75 Å². The number of ether oxygens (including phenoxy) is 2. The summed E-state index contributed by atoms with van der Waals surface area (Å²) in [5.41, 5.74) is 0. The Labute approximate surface area is 124 Å². The molecule has 19 heavy (non-hydrogen) atoms. The molecule has 0 atom stereocenters. The summed E-state index contributed by atoms with van der Waals surface area (Å²) >= 11 is -3.43. The summed E-state index contributed by atoms with van der Waals surface area (Å²) < 4.78 is 12.4. The topological polar surface area (TPSA) is 18.5 Å². The zero-order valence-electron chi connectivity index (χ0n) is 10.6. The van der Waals surface area contributed by atoms with Crippen molar-refractivity contribution in [1.29, 1.82) is 0 Å². The number of methoxy groups -OCH3 is 2. The molecule has 0 N–H and O–H groups in total. The van der Waals surface area contributed by atoms with Crippen molar-refractivity contribution in [3.05, 3.63) is 48.5 Å². The summed E-state index contributed by atoms with van der Waals surface area (Å²) in [4.78, 5) is 0. The second kappa shape index (κ2) is 6.24. The van der Waals surface area contributed by atoms with E-state index >= 15 is 0 Å². The number of hydrogen-bond donors (Lipinski definition) is 0. The molecule has 5 heteroatoms. The molecule has 0 unspecified atom stereocenters. The van der Waals surface area contributed by atoms with Crippen molar-refractivity contribution in [1.82, 2.24) is 0 Å². The third-order valence-electron chi connectivity index (χ3n) is 2.69. The van der Waals surface area contributed by atoms with E-state index < -0.39 is 15.9 Å². The second-order valence-corrected chi connectivity index (χ2v) is 16.3. The minimum atomic E-state index is -3.43. The van der Waals surface area contributed by atoms with Crippen LogP contribution in [0.2, 0.25) is 0 Å². The molecule has 0 amide bonds. The Balaban J connectivity index is 2.56. The SMILES string of the molecule is COc1ccc(OC)c([Te](Cl)(Cl)c2ccccc2)c1. The van der Waals surface area contributed by atoms with Gasteiger partial charge in [0.1, 0.15) is 0 Å². The van der Waals surface area contributed by atoms with Crippen molar-refractivity contribution < 1.29 is 9.47 Å². The fraction of sp³-hybridized carbons (Fsp3) is 0.143. The van der Waals surface area contributed by atoms with E-state index in [-0.39, 0.29) is 0 Å². The Kier molecular flexibility index (Phi) is 4.86. The molecule has 0 aliphatic rings. The van der Waals surface area contributed by atoms with Crippen LogP contribution in [0.15, 0.2) is 48.5 Å². The van der Waals surface area contributed by atoms with Gasteiger partial charge in [0.2, 0.25) is 0 Å². The molecule has 0 bridgehead atoms. The van der Waals surface area contributed by atoms with Gasteiger partial charge in [0, 0.05) is 0 Å². The summed E-state index contributed by atoms with van der Waals surface area (Å²) in [6.45, 7) is 0. The van der Waals surface area contributed by atoms with Crippen molar-refractivity contribution >= 4 is 41.1 Å². The third kappa shape index (κ3) is 3.12. The molecule has 0 aliphatic carbocycles. The van der Waals surface area contributed by atoms with Gasteiger partial charge in [-0.05, 0) is 0 Å². The van der Waals surface area contributed by atoms with Crippen molar-refractivity contribution in [2.45, 2.75) is 0 Å². The first-order valence-corrected chi connectivity index (χ1v) is 13.8. The number of rotatable bonds is 4. The Morgan fingerprint density at radius 2 is 1.58 bits per heavy atom. The Hall–Kier alpha value is -0.590. The van der Waals surface area contributed by atoms with E-state index in [0.717, 1.165) is 13.0 Å². The summed E-state index contributed by atoms with van der Waals surface area (Å²) in [7, 11) is 16.7. The quantitative estimate of drug-likeness (QED) is 0.719. The summed E-state index contributed by atoms with van der Waals surface area (Å²) in [6, 6.07) is 15.3. The van der Waals surface area contributed by atoms with Crippen LogP contribution in [0.1, 0.15) is 0 Å². The van der Waals surface area contributed by atoms with Gasteiger partial charge in [-0.1, -0.05) is 0 Å². The van der Waals surface area contributed by atoms with Gasteiger partial charge >= 0.3 is 125 Å². The molecule has 0 heterocycles. The molecule has 0 radical (unpaired) electrons. The van der Waals surface area contributed by atoms with E-state index in [2.05, 4.69) is 0 Å². The molecule has 2 nitrogen and oxygen atoms in total. The van der Waals surface area contributed by atoms with Gasteiger partial charge in [0.15, 0.2) is 0 Å². The van der Waals surface area contributed by atoms with Crippen LogP contribution < -0.4 is 16.7 Å². The number of halogens is 2. The second-order valence-electron chi connectivity index (χ2n) is 3.80. The predicted molar refractivity (Wildman–Crippen MR) is 82.7 cm³/mol. The average Bonchev–Trinajstić information content (AvgIpc) is 2.47. The van der Waals surface area contributed by atoms with Crippen LogP contribution in [0.3, 0.4) is 0 Å². The summed E-state index contributed by atoms with van der Waals surface area (Å²) in [6.07, 6.45) is 0. The van der Waals surface area contributed by atoms with Crippen LogP contribution in [0, 0.1) is 0 Å². The maximum atomic E-state index is 6.72. The van der Waals surface area contributed by atoms with Gasteiger partial charge in [-0.15, -0.1) is 0 Å². The number of hydrogen-bond acceptors (Lipinski definition) is 2. The molecular formula is C14H14Cl2O2Te. The van der Waals surface area contributed by atoms with E-state index in [1.165, 1.54) is 0 Å². The molecule has 0 saturated carbocycles. The molecule has 2 aromatic rings. The summed E-state index contributed by atoms with van der Waals surface area (Å²) in [5.74, 6) is 1.43. The van der Waals surface area contributed by atoms with Crippen molar-refractivity contribution in [2.24, 2.45) is 0 Å². The minimum absolute atomic E-state index is 0.704. The normalized spacial score (nSPS) is 12.0. The standard InChI is InChI=1S/C14H14Cl2O2Te/c1-17-11-8-9-13(18-2)14(10-11)19(15,16)12-6-4-3-5-7-12/h3-10H,1-2H3. The van der Waals surface area contributed by atoms with Crippen molar-refractivity contribution in [2.75, 3.05) is 14.2 Å². The van der Waals surface area contributed by atoms with Gasteiger partial charge in [-0.3, -0.25) is 0 Å². The maximum absolute atomic E-state index is 6.72. The Morgan fingerprint density at radius 1 is 0.895 bits per heavy atom. The van der Waals surface area contributed by atoms with Crippen LogP contribution in [0.5, 0.6) is 11.5 Å². The van der Waals surface area contributed by atoms with E-state index in [1.807, 2.05) is 48.5 Å². The molecule has 0 spiro atoms. The monoisotopic (exact) mass is 414 g/mol. The number of benzene rings is 2. The van der Waals surface area contributed by atoms with Crippen molar-refractivity contribution in [3.63, 3.8) is 0 Å². The first-order chi connectivity index (χ1) is 9.09. The van der Waals surface area contributed by atoms with Gasteiger partial charge < -0.3 is 0 Å². The van der Waals surface area contributed by atoms with Crippen molar-refractivity contribution in [3.8, 4) is 11.5 Å². The fourth-order valence-corrected chi connectivity index (χ4v) is 8.76. The third-order valence-corrected chi connectivity index (χ3v) is 12.3. The van der Waals surface area contributed by atoms with Gasteiger partial charge in [0.05, 0.1) is 0 Å². The molecular weight excluding hydrogens is 399 g/mol. The van der Waals surface area contributed by atoms with E-state index in [4.69, 9.17) is 27.4 Å². The van der Waals surface area contributed by atoms with Gasteiger partial charge in [0.25, 0.3) is 0 Å². The van der Waals surface area contributed by atoms with Gasteiger partial charge in [-0.2, -0.15) is 0 Å². The first kappa shape index (κ1) is 14.8. The van der Waals surface area contributed by atoms with Crippen LogP contribution in [-0.2, 0) is 0 Å². The molecule has 0 aromatic heterocycles. The zero-order valence-corrected chi connectivity index (χ0v) is 14.4. The van der Waals surface area contributed by atoms with Crippen LogP contribution >= 0.6 is 17.9 Å². The first-order valence-electron chi connectivity index (χ1n) is 5.59. The molecule has 0 saturated heterocycles. The zero-order chi connectivity index (χ0) is 13.9. The molecule has 102 valence electrons. The Morgan fingerprint density at radius 3 is 2.16 bits per heavy atom.